The smallest absolute Gasteiger partial charge is 0.414 e. The Balaban J connectivity index is 2.02. The number of carbonyl (C=O) groups is 1. The molecule has 0 aliphatic heterocycles. The van der Waals surface area contributed by atoms with Gasteiger partial charge in [-0.15, -0.1) is 0 Å². The third-order valence-electron chi connectivity index (χ3n) is 5.46. The van der Waals surface area contributed by atoms with Crippen molar-refractivity contribution in [3.8, 4) is 0 Å². The molecule has 1 amide bonds. The van der Waals surface area contributed by atoms with Gasteiger partial charge >= 0.3 is 6.09 Å². The summed E-state index contributed by atoms with van der Waals surface area (Å²) in [5.41, 5.74) is 2.67. The topological polar surface area (TPSA) is 56.1 Å². The van der Waals surface area contributed by atoms with Crippen molar-refractivity contribution >= 4 is 12.0 Å². The summed E-state index contributed by atoms with van der Waals surface area (Å²) >= 11 is 0. The van der Waals surface area contributed by atoms with E-state index in [4.69, 9.17) is 4.74 Å². The summed E-state index contributed by atoms with van der Waals surface area (Å²) in [5.74, 6) is 0.415. The number of rotatable bonds is 5. The molecule has 1 heterocycles. The van der Waals surface area contributed by atoms with E-state index in [1.54, 1.807) is 6.20 Å². The number of nitrogens with one attached hydrogen (secondary N) is 1. The minimum absolute atomic E-state index is 0.415. The van der Waals surface area contributed by atoms with Gasteiger partial charge in [0.1, 0.15) is 11.1 Å². The van der Waals surface area contributed by atoms with Gasteiger partial charge in [0, 0.05) is 5.69 Å². The number of hydrogen-bond donors (Lipinski definition) is 1. The second kappa shape index (κ2) is 8.94. The van der Waals surface area contributed by atoms with E-state index in [2.05, 4.69) is 51.3 Å². The van der Waals surface area contributed by atoms with Crippen molar-refractivity contribution in [2.75, 3.05) is 5.32 Å². The lowest BCUT2D eigenvalue weighted by Gasteiger charge is -2.39. The Kier molecular flexibility index (Phi) is 6.05. The van der Waals surface area contributed by atoms with Crippen LogP contribution in [0.25, 0.3) is 0 Å². The Hall–Kier alpha value is -3.86. The van der Waals surface area contributed by atoms with E-state index in [0.717, 1.165) is 22.4 Å². The molecule has 0 saturated carbocycles. The lowest BCUT2D eigenvalue weighted by Crippen LogP contribution is -2.40. The number of aromatic nitrogens is 2. The van der Waals surface area contributed by atoms with Crippen LogP contribution in [-0.2, 0) is 10.3 Å². The number of anilines is 1. The molecule has 0 spiro atoms. The fourth-order valence-electron chi connectivity index (χ4n) is 4.27. The third kappa shape index (κ3) is 4.40. The zero-order valence-corrected chi connectivity index (χ0v) is 19.4. The second-order valence-corrected chi connectivity index (χ2v) is 8.99. The summed E-state index contributed by atoms with van der Waals surface area (Å²) in [7, 11) is 0. The first-order chi connectivity index (χ1) is 15.8. The highest BCUT2D eigenvalue weighted by Gasteiger charge is 2.41. The molecule has 0 radical (unpaired) electrons. The highest BCUT2D eigenvalue weighted by Crippen LogP contribution is 2.43. The van der Waals surface area contributed by atoms with Crippen LogP contribution in [-0.4, -0.2) is 21.2 Å². The van der Waals surface area contributed by atoms with E-state index >= 15 is 0 Å². The first kappa shape index (κ1) is 22.3. The molecular formula is C28H29N3O2. The van der Waals surface area contributed by atoms with Crippen LogP contribution in [0.2, 0.25) is 0 Å². The highest BCUT2D eigenvalue weighted by molar-refractivity contribution is 5.83. The van der Waals surface area contributed by atoms with E-state index in [0.29, 0.717) is 5.95 Å². The number of nitrogens with zero attached hydrogens (tertiary/aromatic N) is 2. The lowest BCUT2D eigenvalue weighted by atomic mass is 9.76. The van der Waals surface area contributed by atoms with Crippen LogP contribution in [0.5, 0.6) is 0 Å². The Morgan fingerprint density at radius 2 is 1.21 bits per heavy atom. The van der Waals surface area contributed by atoms with Crippen LogP contribution in [0, 0.1) is 6.92 Å². The fraction of sp³-hybridized carbons (Fsp3) is 0.214. The molecule has 4 rings (SSSR count). The van der Waals surface area contributed by atoms with Crippen molar-refractivity contribution in [2.45, 2.75) is 38.8 Å². The monoisotopic (exact) mass is 439 g/mol. The molecule has 33 heavy (non-hydrogen) atoms. The fourth-order valence-corrected chi connectivity index (χ4v) is 4.27. The molecule has 168 valence electrons. The SMILES string of the molecule is Cc1cnc(NC(=O)OC(C)(C)C)n1C(c1ccccc1)(c1ccccc1)c1ccccc1. The van der Waals surface area contributed by atoms with Gasteiger partial charge in [-0.1, -0.05) is 91.0 Å². The van der Waals surface area contributed by atoms with E-state index in [1.807, 2.05) is 82.3 Å². The van der Waals surface area contributed by atoms with Crippen LogP contribution < -0.4 is 5.32 Å². The maximum absolute atomic E-state index is 12.7. The molecule has 0 unspecified atom stereocenters. The largest absolute Gasteiger partial charge is 0.444 e. The molecule has 1 aromatic heterocycles. The second-order valence-electron chi connectivity index (χ2n) is 8.99. The summed E-state index contributed by atoms with van der Waals surface area (Å²) in [5, 5.41) is 2.89. The normalized spacial score (nSPS) is 11.8. The number of hydrogen-bond acceptors (Lipinski definition) is 3. The van der Waals surface area contributed by atoms with Gasteiger partial charge in [0.2, 0.25) is 5.95 Å². The maximum Gasteiger partial charge on any atom is 0.414 e. The number of aryl methyl sites for hydroxylation is 1. The zero-order chi connectivity index (χ0) is 23.5. The van der Waals surface area contributed by atoms with Gasteiger partial charge in [0.15, 0.2) is 0 Å². The number of benzene rings is 3. The molecule has 0 bridgehead atoms. The van der Waals surface area contributed by atoms with E-state index < -0.39 is 17.2 Å². The summed E-state index contributed by atoms with van der Waals surface area (Å²) in [6.45, 7) is 7.52. The first-order valence-electron chi connectivity index (χ1n) is 11.0. The number of imidazole rings is 1. The van der Waals surface area contributed by atoms with Gasteiger partial charge < -0.3 is 4.74 Å². The minimum Gasteiger partial charge on any atom is -0.444 e. The van der Waals surface area contributed by atoms with Gasteiger partial charge in [0.05, 0.1) is 6.20 Å². The van der Waals surface area contributed by atoms with Crippen LogP contribution in [0.1, 0.15) is 43.2 Å². The van der Waals surface area contributed by atoms with Crippen molar-refractivity contribution in [1.82, 2.24) is 9.55 Å². The van der Waals surface area contributed by atoms with Crippen molar-refractivity contribution < 1.29 is 9.53 Å². The number of carbonyl (C=O) groups excluding carboxylic acids is 1. The van der Waals surface area contributed by atoms with Crippen molar-refractivity contribution in [2.24, 2.45) is 0 Å². The standard InChI is InChI=1S/C28H29N3O2/c1-21-20-29-25(30-26(32)33-27(2,3)4)31(21)28(22-14-8-5-9-15-22,23-16-10-6-11-17-23)24-18-12-7-13-19-24/h5-20H,1-4H3,(H,29,30,32). The predicted molar refractivity (Wildman–Crippen MR) is 131 cm³/mol. The molecular weight excluding hydrogens is 410 g/mol. The average Bonchev–Trinajstić information content (AvgIpc) is 3.16. The van der Waals surface area contributed by atoms with Crippen LogP contribution in [0.4, 0.5) is 10.7 Å². The molecule has 1 N–H and O–H groups in total. The lowest BCUT2D eigenvalue weighted by molar-refractivity contribution is 0.0633. The average molecular weight is 440 g/mol. The zero-order valence-electron chi connectivity index (χ0n) is 19.4. The first-order valence-corrected chi connectivity index (χ1v) is 11.0. The molecule has 4 aromatic rings. The van der Waals surface area contributed by atoms with Crippen molar-refractivity contribution in [3.05, 3.63) is 120 Å². The minimum atomic E-state index is -0.769. The highest BCUT2D eigenvalue weighted by atomic mass is 16.6. The van der Waals surface area contributed by atoms with Gasteiger partial charge in [-0.2, -0.15) is 0 Å². The van der Waals surface area contributed by atoms with Gasteiger partial charge in [-0.05, 0) is 44.4 Å². The summed E-state index contributed by atoms with van der Waals surface area (Å²) in [6.07, 6.45) is 1.23. The van der Waals surface area contributed by atoms with Crippen molar-refractivity contribution in [3.63, 3.8) is 0 Å². The predicted octanol–water partition coefficient (Wildman–Crippen LogP) is 6.38. The van der Waals surface area contributed by atoms with Gasteiger partial charge in [0.25, 0.3) is 0 Å². The molecule has 0 atom stereocenters. The van der Waals surface area contributed by atoms with E-state index in [9.17, 15) is 4.79 Å². The molecule has 3 aromatic carbocycles. The molecule has 5 heteroatoms. The maximum atomic E-state index is 12.7. The third-order valence-corrected chi connectivity index (χ3v) is 5.46. The van der Waals surface area contributed by atoms with Gasteiger partial charge in [-0.25, -0.2) is 9.78 Å². The van der Waals surface area contributed by atoms with Crippen LogP contribution in [0.3, 0.4) is 0 Å². The summed E-state index contributed by atoms with van der Waals surface area (Å²) < 4.78 is 7.61. The van der Waals surface area contributed by atoms with Crippen molar-refractivity contribution in [1.29, 1.82) is 0 Å². The molecule has 5 nitrogen and oxygen atoms in total. The Bertz CT molecular complexity index is 1110. The van der Waals surface area contributed by atoms with E-state index in [-0.39, 0.29) is 0 Å². The Morgan fingerprint density at radius 3 is 1.61 bits per heavy atom. The summed E-state index contributed by atoms with van der Waals surface area (Å²) in [4.78, 5) is 17.3. The molecule has 0 fully saturated rings. The number of ether oxygens (including phenoxy) is 1. The van der Waals surface area contributed by atoms with Crippen LogP contribution >= 0.6 is 0 Å². The Labute approximate surface area is 195 Å². The number of amides is 1. The summed E-state index contributed by atoms with van der Waals surface area (Å²) in [6, 6.07) is 30.8. The van der Waals surface area contributed by atoms with E-state index in [1.165, 1.54) is 0 Å². The van der Waals surface area contributed by atoms with Crippen LogP contribution in [0.15, 0.2) is 97.2 Å². The quantitative estimate of drug-likeness (QED) is 0.367. The Morgan fingerprint density at radius 1 is 0.788 bits per heavy atom. The van der Waals surface area contributed by atoms with Gasteiger partial charge in [-0.3, -0.25) is 9.88 Å². The molecule has 0 saturated heterocycles. The molecule has 0 aliphatic rings. The molecule has 0 aliphatic carbocycles.